The molecule has 0 radical (unpaired) electrons. The Labute approximate surface area is 196 Å². The van der Waals surface area contributed by atoms with E-state index in [1.165, 1.54) is 0 Å². The zero-order chi connectivity index (χ0) is 19.5. The van der Waals surface area contributed by atoms with Gasteiger partial charge in [-0.25, -0.2) is 0 Å². The molecule has 0 saturated heterocycles. The van der Waals surface area contributed by atoms with E-state index < -0.39 is 0 Å². The Kier molecular flexibility index (Phi) is 5.26. The lowest BCUT2D eigenvalue weighted by Gasteiger charge is -2.15. The summed E-state index contributed by atoms with van der Waals surface area (Å²) < 4.78 is 3.73. The standard InChI is InChI=1S/C18H7Br5N2O2/c19-10-9(11(20)13(22)14(23)12(10)21)16-8-7(17(26)25-16)15(24-18(8)27)6-4-2-1-3-5-6/h1-5H,(H,24,27)(H,25,26). The summed E-state index contributed by atoms with van der Waals surface area (Å²) in [5.74, 6) is -0.627. The van der Waals surface area contributed by atoms with Crippen LogP contribution in [0.5, 0.6) is 0 Å². The highest BCUT2D eigenvalue weighted by Gasteiger charge is 2.42. The molecule has 2 aromatic carbocycles. The summed E-state index contributed by atoms with van der Waals surface area (Å²) in [6.45, 7) is 0. The van der Waals surface area contributed by atoms with Gasteiger partial charge >= 0.3 is 0 Å². The van der Waals surface area contributed by atoms with E-state index in [0.717, 1.165) is 19.0 Å². The van der Waals surface area contributed by atoms with Crippen LogP contribution in [0.3, 0.4) is 0 Å². The second-order valence-electron chi connectivity index (χ2n) is 5.72. The molecule has 27 heavy (non-hydrogen) atoms. The second-order valence-corrected chi connectivity index (χ2v) is 9.68. The molecule has 0 aliphatic carbocycles. The first kappa shape index (κ1) is 19.6. The molecule has 0 aromatic heterocycles. The first-order chi connectivity index (χ1) is 12.8. The number of benzene rings is 2. The van der Waals surface area contributed by atoms with Crippen molar-refractivity contribution in [2.24, 2.45) is 0 Å². The topological polar surface area (TPSA) is 58.2 Å². The predicted molar refractivity (Wildman–Crippen MR) is 122 cm³/mol. The van der Waals surface area contributed by atoms with Crippen LogP contribution in [0.2, 0.25) is 0 Å². The summed E-state index contributed by atoms with van der Waals surface area (Å²) in [4.78, 5) is 25.5. The van der Waals surface area contributed by atoms with Crippen LogP contribution in [0.4, 0.5) is 0 Å². The minimum atomic E-state index is -0.314. The Bertz CT molecular complexity index is 1080. The van der Waals surface area contributed by atoms with E-state index in [-0.39, 0.29) is 11.8 Å². The summed E-state index contributed by atoms with van der Waals surface area (Å²) in [6.07, 6.45) is 0. The van der Waals surface area contributed by atoms with Crippen LogP contribution in [0.25, 0.3) is 11.4 Å². The molecular formula is C18H7Br5N2O2. The van der Waals surface area contributed by atoms with Crippen LogP contribution >= 0.6 is 79.6 Å². The second kappa shape index (κ2) is 7.26. The Hall–Kier alpha value is -0.740. The van der Waals surface area contributed by atoms with Gasteiger partial charge in [-0.3, -0.25) is 9.59 Å². The fourth-order valence-corrected chi connectivity index (χ4v) is 6.46. The molecule has 0 atom stereocenters. The maximum atomic E-state index is 12.8. The van der Waals surface area contributed by atoms with E-state index in [4.69, 9.17) is 0 Å². The predicted octanol–water partition coefficient (Wildman–Crippen LogP) is 5.88. The molecule has 136 valence electrons. The summed E-state index contributed by atoms with van der Waals surface area (Å²) in [5.41, 5.74) is 3.11. The number of carbonyl (C=O) groups is 2. The SMILES string of the molecule is O=C1NC(c2c(Br)c(Br)c(Br)c(Br)c2Br)=C2C(=O)NC(c3ccccc3)=C12. The summed E-state index contributed by atoms with van der Waals surface area (Å²) in [7, 11) is 0. The van der Waals surface area contributed by atoms with Crippen LogP contribution in [-0.2, 0) is 9.59 Å². The van der Waals surface area contributed by atoms with Crippen molar-refractivity contribution in [2.75, 3.05) is 0 Å². The number of rotatable bonds is 2. The molecule has 2 N–H and O–H groups in total. The van der Waals surface area contributed by atoms with Crippen LogP contribution in [0, 0.1) is 0 Å². The Balaban J connectivity index is 2.01. The van der Waals surface area contributed by atoms with Crippen LogP contribution in [0.1, 0.15) is 11.1 Å². The molecule has 4 rings (SSSR count). The minimum Gasteiger partial charge on any atom is -0.321 e. The average Bonchev–Trinajstić information content (AvgIpc) is 3.18. The van der Waals surface area contributed by atoms with Gasteiger partial charge in [0.1, 0.15) is 0 Å². The number of nitrogens with one attached hydrogen (secondary N) is 2. The molecule has 2 amide bonds. The molecule has 2 heterocycles. The number of amides is 2. The van der Waals surface area contributed by atoms with E-state index in [2.05, 4.69) is 90.3 Å². The third kappa shape index (κ3) is 3.02. The number of hydrogen-bond acceptors (Lipinski definition) is 2. The lowest BCUT2D eigenvalue weighted by atomic mass is 10.0. The Morgan fingerprint density at radius 1 is 0.593 bits per heavy atom. The summed E-state index contributed by atoms with van der Waals surface area (Å²) in [5, 5.41) is 5.70. The van der Waals surface area contributed by atoms with Crippen LogP contribution in [0.15, 0.2) is 63.8 Å². The fraction of sp³-hybridized carbons (Fsp3) is 0. The summed E-state index contributed by atoms with van der Waals surface area (Å²) >= 11 is 17.7. The zero-order valence-electron chi connectivity index (χ0n) is 13.1. The van der Waals surface area contributed by atoms with Gasteiger partial charge in [-0.1, -0.05) is 30.3 Å². The summed E-state index contributed by atoms with van der Waals surface area (Å²) in [6, 6.07) is 9.32. The van der Waals surface area contributed by atoms with E-state index in [0.29, 0.717) is 37.0 Å². The van der Waals surface area contributed by atoms with Gasteiger partial charge in [-0.15, -0.1) is 0 Å². The van der Waals surface area contributed by atoms with Crippen LogP contribution < -0.4 is 10.6 Å². The maximum Gasteiger partial charge on any atom is 0.258 e. The highest BCUT2D eigenvalue weighted by atomic mass is 79.9. The molecule has 0 bridgehead atoms. The molecule has 0 fully saturated rings. The van der Waals surface area contributed by atoms with Crippen molar-refractivity contribution >= 4 is 103 Å². The first-order valence-corrected chi connectivity index (χ1v) is 11.5. The molecular weight excluding hydrogens is 676 g/mol. The number of hydrogen-bond donors (Lipinski definition) is 2. The zero-order valence-corrected chi connectivity index (χ0v) is 21.0. The van der Waals surface area contributed by atoms with E-state index in [9.17, 15) is 9.59 Å². The lowest BCUT2D eigenvalue weighted by molar-refractivity contribution is -0.117. The van der Waals surface area contributed by atoms with Gasteiger partial charge in [0, 0.05) is 27.9 Å². The van der Waals surface area contributed by atoms with Gasteiger partial charge in [0.25, 0.3) is 11.8 Å². The number of halogens is 5. The molecule has 9 heteroatoms. The Morgan fingerprint density at radius 2 is 1.04 bits per heavy atom. The monoisotopic (exact) mass is 678 g/mol. The molecule has 2 aliphatic rings. The normalized spacial score (nSPS) is 16.0. The van der Waals surface area contributed by atoms with Crippen molar-refractivity contribution in [1.29, 1.82) is 0 Å². The van der Waals surface area contributed by atoms with Gasteiger partial charge in [0.05, 0.1) is 22.5 Å². The van der Waals surface area contributed by atoms with Crippen LogP contribution in [-0.4, -0.2) is 11.8 Å². The van der Waals surface area contributed by atoms with Gasteiger partial charge in [0.2, 0.25) is 0 Å². The van der Waals surface area contributed by atoms with Gasteiger partial charge in [0.15, 0.2) is 0 Å². The van der Waals surface area contributed by atoms with E-state index in [1.54, 1.807) is 0 Å². The third-order valence-electron chi connectivity index (χ3n) is 4.20. The van der Waals surface area contributed by atoms with Crippen molar-refractivity contribution in [1.82, 2.24) is 10.6 Å². The number of fused-ring (bicyclic) bond motifs is 1. The molecule has 2 aromatic rings. The Morgan fingerprint density at radius 3 is 1.59 bits per heavy atom. The molecule has 0 unspecified atom stereocenters. The molecule has 2 aliphatic heterocycles. The number of carbonyl (C=O) groups excluding carboxylic acids is 2. The fourth-order valence-electron chi connectivity index (χ4n) is 3.01. The van der Waals surface area contributed by atoms with Crippen molar-refractivity contribution in [3.63, 3.8) is 0 Å². The third-order valence-corrected chi connectivity index (χ3v) is 10.3. The molecule has 4 nitrogen and oxygen atoms in total. The van der Waals surface area contributed by atoms with Crippen molar-refractivity contribution < 1.29 is 9.59 Å². The molecule has 0 spiro atoms. The van der Waals surface area contributed by atoms with Crippen molar-refractivity contribution in [2.45, 2.75) is 0 Å². The van der Waals surface area contributed by atoms with E-state index in [1.807, 2.05) is 30.3 Å². The highest BCUT2D eigenvalue weighted by molar-refractivity contribution is 9.15. The quantitative estimate of drug-likeness (QED) is 0.307. The minimum absolute atomic E-state index is 0.314. The van der Waals surface area contributed by atoms with Gasteiger partial charge in [-0.2, -0.15) is 0 Å². The average molecular weight is 683 g/mol. The van der Waals surface area contributed by atoms with Gasteiger partial charge in [-0.05, 0) is 85.2 Å². The molecule has 0 saturated carbocycles. The van der Waals surface area contributed by atoms with Gasteiger partial charge < -0.3 is 10.6 Å². The van der Waals surface area contributed by atoms with Crippen molar-refractivity contribution in [3.05, 3.63) is 75.0 Å². The van der Waals surface area contributed by atoms with Crippen molar-refractivity contribution in [3.8, 4) is 0 Å². The largest absolute Gasteiger partial charge is 0.321 e. The smallest absolute Gasteiger partial charge is 0.258 e. The van der Waals surface area contributed by atoms with E-state index >= 15 is 0 Å². The first-order valence-electron chi connectivity index (χ1n) is 7.51. The highest BCUT2D eigenvalue weighted by Crippen LogP contribution is 2.49. The lowest BCUT2D eigenvalue weighted by Crippen LogP contribution is -2.21. The maximum absolute atomic E-state index is 12.8.